The summed E-state index contributed by atoms with van der Waals surface area (Å²) in [5.41, 5.74) is 0.841. The number of carbonyl (C=O) groups is 1. The van der Waals surface area contributed by atoms with Gasteiger partial charge in [0.05, 0.1) is 21.3 Å². The number of anilines is 1. The molecular weight excluding hydrogens is 336 g/mol. The SMILES string of the molecule is COc1cccc(NC(=O)C(C#N)=Cc2cc(OC)c(O)c(OC)c2)c1. The van der Waals surface area contributed by atoms with Gasteiger partial charge in [0.1, 0.15) is 17.4 Å². The Labute approximate surface area is 151 Å². The summed E-state index contributed by atoms with van der Waals surface area (Å²) >= 11 is 0. The molecule has 7 nitrogen and oxygen atoms in total. The summed E-state index contributed by atoms with van der Waals surface area (Å²) in [4.78, 5) is 12.4. The van der Waals surface area contributed by atoms with Crippen molar-refractivity contribution in [2.24, 2.45) is 0 Å². The minimum Gasteiger partial charge on any atom is -0.502 e. The second-order valence-corrected chi connectivity index (χ2v) is 5.13. The molecule has 134 valence electrons. The maximum Gasteiger partial charge on any atom is 0.266 e. The van der Waals surface area contributed by atoms with Crippen molar-refractivity contribution in [3.8, 4) is 29.1 Å². The first kappa shape index (κ1) is 18.7. The standard InChI is InChI=1S/C19H18N2O5/c1-24-15-6-4-5-14(10-15)21-19(23)13(11-20)7-12-8-16(25-2)18(22)17(9-12)26-3/h4-10,22H,1-3H3,(H,21,23). The van der Waals surface area contributed by atoms with Gasteiger partial charge in [0.2, 0.25) is 5.75 Å². The lowest BCUT2D eigenvalue weighted by molar-refractivity contribution is -0.112. The highest BCUT2D eigenvalue weighted by atomic mass is 16.5. The zero-order valence-corrected chi connectivity index (χ0v) is 14.6. The number of amides is 1. The molecule has 0 spiro atoms. The summed E-state index contributed by atoms with van der Waals surface area (Å²) in [7, 11) is 4.30. The van der Waals surface area contributed by atoms with Crippen molar-refractivity contribution in [2.75, 3.05) is 26.6 Å². The van der Waals surface area contributed by atoms with Crippen LogP contribution >= 0.6 is 0 Å². The Morgan fingerprint density at radius 3 is 2.31 bits per heavy atom. The third-order valence-electron chi connectivity index (χ3n) is 3.51. The third kappa shape index (κ3) is 4.24. The van der Waals surface area contributed by atoms with Gasteiger partial charge in [0.25, 0.3) is 5.91 Å². The van der Waals surface area contributed by atoms with Crippen LogP contribution in [0.1, 0.15) is 5.56 Å². The Kier molecular flexibility index (Phi) is 6.06. The molecule has 1 amide bonds. The lowest BCUT2D eigenvalue weighted by Crippen LogP contribution is -2.13. The summed E-state index contributed by atoms with van der Waals surface area (Å²) in [6.07, 6.45) is 1.37. The molecule has 0 aliphatic rings. The van der Waals surface area contributed by atoms with Crippen molar-refractivity contribution < 1.29 is 24.1 Å². The number of carbonyl (C=O) groups excluding carboxylic acids is 1. The Morgan fingerprint density at radius 2 is 1.77 bits per heavy atom. The van der Waals surface area contributed by atoms with Gasteiger partial charge in [-0.05, 0) is 35.9 Å². The monoisotopic (exact) mass is 354 g/mol. The molecule has 7 heteroatoms. The number of benzene rings is 2. The van der Waals surface area contributed by atoms with E-state index < -0.39 is 5.91 Å². The molecule has 2 aromatic carbocycles. The van der Waals surface area contributed by atoms with E-state index in [2.05, 4.69) is 5.32 Å². The van der Waals surface area contributed by atoms with Crippen LogP contribution in [-0.4, -0.2) is 32.3 Å². The molecule has 0 radical (unpaired) electrons. The number of hydrogen-bond donors (Lipinski definition) is 2. The number of ether oxygens (including phenoxy) is 3. The Bertz CT molecular complexity index is 859. The van der Waals surface area contributed by atoms with Crippen LogP contribution in [-0.2, 0) is 4.79 Å². The number of rotatable bonds is 6. The Hall–Kier alpha value is -3.66. The summed E-state index contributed by atoms with van der Waals surface area (Å²) in [6, 6.07) is 11.6. The van der Waals surface area contributed by atoms with Crippen molar-refractivity contribution in [3.05, 3.63) is 47.5 Å². The molecule has 0 heterocycles. The molecule has 0 aliphatic carbocycles. The smallest absolute Gasteiger partial charge is 0.266 e. The van der Waals surface area contributed by atoms with Gasteiger partial charge in [-0.3, -0.25) is 4.79 Å². The van der Waals surface area contributed by atoms with Crippen LogP contribution in [0, 0.1) is 11.3 Å². The average Bonchev–Trinajstić information content (AvgIpc) is 2.66. The molecule has 2 N–H and O–H groups in total. The number of phenolic OH excluding ortho intramolecular Hbond substituents is 1. The highest BCUT2D eigenvalue weighted by molar-refractivity contribution is 6.09. The van der Waals surface area contributed by atoms with E-state index in [1.165, 1.54) is 39.5 Å². The second kappa shape index (κ2) is 8.44. The fourth-order valence-corrected chi connectivity index (χ4v) is 2.21. The van der Waals surface area contributed by atoms with E-state index in [-0.39, 0.29) is 22.8 Å². The molecule has 2 rings (SSSR count). The zero-order valence-electron chi connectivity index (χ0n) is 14.6. The molecular formula is C19H18N2O5. The van der Waals surface area contributed by atoms with Crippen molar-refractivity contribution in [3.63, 3.8) is 0 Å². The molecule has 2 aromatic rings. The predicted octanol–water partition coefficient (Wildman–Crippen LogP) is 2.96. The van der Waals surface area contributed by atoms with Gasteiger partial charge in [-0.2, -0.15) is 5.26 Å². The van der Waals surface area contributed by atoms with Gasteiger partial charge < -0.3 is 24.6 Å². The van der Waals surface area contributed by atoms with Crippen LogP contribution in [0.3, 0.4) is 0 Å². The Morgan fingerprint density at radius 1 is 1.12 bits per heavy atom. The van der Waals surface area contributed by atoms with E-state index in [9.17, 15) is 15.2 Å². The van der Waals surface area contributed by atoms with Crippen LogP contribution < -0.4 is 19.5 Å². The van der Waals surface area contributed by atoms with E-state index >= 15 is 0 Å². The van der Waals surface area contributed by atoms with Crippen molar-refractivity contribution in [2.45, 2.75) is 0 Å². The quantitative estimate of drug-likeness (QED) is 0.611. The molecule has 0 atom stereocenters. The van der Waals surface area contributed by atoms with Crippen LogP contribution in [0.2, 0.25) is 0 Å². The molecule has 0 bridgehead atoms. The third-order valence-corrected chi connectivity index (χ3v) is 3.51. The van der Waals surface area contributed by atoms with Crippen LogP contribution in [0.5, 0.6) is 23.0 Å². The van der Waals surface area contributed by atoms with Gasteiger partial charge >= 0.3 is 0 Å². The zero-order chi connectivity index (χ0) is 19.1. The number of nitriles is 1. The minimum absolute atomic E-state index is 0.123. The second-order valence-electron chi connectivity index (χ2n) is 5.13. The largest absolute Gasteiger partial charge is 0.502 e. The van der Waals surface area contributed by atoms with E-state index in [1.54, 1.807) is 24.3 Å². The van der Waals surface area contributed by atoms with Crippen LogP contribution in [0.15, 0.2) is 42.0 Å². The first-order chi connectivity index (χ1) is 12.5. The minimum atomic E-state index is -0.577. The molecule has 0 fully saturated rings. The molecule has 0 saturated heterocycles. The number of aromatic hydroxyl groups is 1. The van der Waals surface area contributed by atoms with Gasteiger partial charge in [-0.25, -0.2) is 0 Å². The van der Waals surface area contributed by atoms with Crippen molar-refractivity contribution in [1.82, 2.24) is 0 Å². The normalized spacial score (nSPS) is 10.6. The summed E-state index contributed by atoms with van der Waals surface area (Å²) in [6.45, 7) is 0. The highest BCUT2D eigenvalue weighted by Crippen LogP contribution is 2.37. The fourth-order valence-electron chi connectivity index (χ4n) is 2.21. The van der Waals surface area contributed by atoms with E-state index in [0.29, 0.717) is 17.0 Å². The first-order valence-corrected chi connectivity index (χ1v) is 7.54. The van der Waals surface area contributed by atoms with E-state index in [1.807, 2.05) is 6.07 Å². The van der Waals surface area contributed by atoms with Gasteiger partial charge in [-0.15, -0.1) is 0 Å². The summed E-state index contributed by atoms with van der Waals surface area (Å²) in [5.74, 6) is 0.179. The molecule has 0 aliphatic heterocycles. The number of nitrogens with zero attached hydrogens (tertiary/aromatic N) is 1. The molecule has 0 unspecified atom stereocenters. The fraction of sp³-hybridized carbons (Fsp3) is 0.158. The number of hydrogen-bond acceptors (Lipinski definition) is 6. The lowest BCUT2D eigenvalue weighted by Gasteiger charge is -2.10. The number of methoxy groups -OCH3 is 3. The maximum absolute atomic E-state index is 12.4. The van der Waals surface area contributed by atoms with Gasteiger partial charge in [-0.1, -0.05) is 6.07 Å². The van der Waals surface area contributed by atoms with E-state index in [0.717, 1.165) is 0 Å². The topological polar surface area (TPSA) is 101 Å². The van der Waals surface area contributed by atoms with Gasteiger partial charge in [0, 0.05) is 11.8 Å². The van der Waals surface area contributed by atoms with Crippen LogP contribution in [0.25, 0.3) is 6.08 Å². The lowest BCUT2D eigenvalue weighted by atomic mass is 10.1. The summed E-state index contributed by atoms with van der Waals surface area (Å²) < 4.78 is 15.2. The number of phenols is 1. The first-order valence-electron chi connectivity index (χ1n) is 7.54. The number of nitrogens with one attached hydrogen (secondary N) is 1. The molecule has 0 aromatic heterocycles. The predicted molar refractivity (Wildman–Crippen MR) is 96.4 cm³/mol. The molecule has 26 heavy (non-hydrogen) atoms. The van der Waals surface area contributed by atoms with E-state index in [4.69, 9.17) is 14.2 Å². The Balaban J connectivity index is 2.32. The average molecular weight is 354 g/mol. The van der Waals surface area contributed by atoms with Crippen LogP contribution in [0.4, 0.5) is 5.69 Å². The van der Waals surface area contributed by atoms with Crippen molar-refractivity contribution >= 4 is 17.7 Å². The maximum atomic E-state index is 12.4. The van der Waals surface area contributed by atoms with Gasteiger partial charge in [0.15, 0.2) is 11.5 Å². The van der Waals surface area contributed by atoms with Crippen molar-refractivity contribution in [1.29, 1.82) is 5.26 Å². The molecule has 0 saturated carbocycles. The summed E-state index contributed by atoms with van der Waals surface area (Å²) in [5, 5.41) is 21.9. The highest BCUT2D eigenvalue weighted by Gasteiger charge is 2.14.